The van der Waals surface area contributed by atoms with E-state index in [2.05, 4.69) is 26.3 Å². The second-order valence-electron chi connectivity index (χ2n) is 5.51. The fraction of sp³-hybridized carbons (Fsp3) is 0.438. The van der Waals surface area contributed by atoms with Gasteiger partial charge in [-0.05, 0) is 31.9 Å². The van der Waals surface area contributed by atoms with Gasteiger partial charge in [-0.15, -0.1) is 0 Å². The molecule has 6 heteroatoms. The lowest BCUT2D eigenvalue weighted by atomic mass is 10.2. The smallest absolute Gasteiger partial charge is 0.223 e. The number of nitrogens with one attached hydrogen (secondary N) is 1. The summed E-state index contributed by atoms with van der Waals surface area (Å²) in [6, 6.07) is 5.84. The fourth-order valence-electron chi connectivity index (χ4n) is 2.66. The van der Waals surface area contributed by atoms with Gasteiger partial charge >= 0.3 is 0 Å². The van der Waals surface area contributed by atoms with E-state index in [1.165, 1.54) is 12.8 Å². The molecule has 2 N–H and O–H groups in total. The number of aliphatic hydroxyl groups is 1. The molecule has 0 spiro atoms. The molecule has 0 radical (unpaired) electrons. The van der Waals surface area contributed by atoms with E-state index in [9.17, 15) is 0 Å². The molecule has 0 aliphatic carbocycles. The lowest BCUT2D eigenvalue weighted by Crippen LogP contribution is -2.22. The van der Waals surface area contributed by atoms with E-state index in [0.29, 0.717) is 18.2 Å². The van der Waals surface area contributed by atoms with Gasteiger partial charge < -0.3 is 15.3 Å². The largest absolute Gasteiger partial charge is 0.390 e. The number of pyridine rings is 1. The van der Waals surface area contributed by atoms with Crippen LogP contribution >= 0.6 is 0 Å². The summed E-state index contributed by atoms with van der Waals surface area (Å²) in [6.07, 6.45) is 4.10. The summed E-state index contributed by atoms with van der Waals surface area (Å²) in [4.78, 5) is 15.5. The van der Waals surface area contributed by atoms with Crippen LogP contribution in [-0.2, 0) is 13.2 Å². The van der Waals surface area contributed by atoms with Gasteiger partial charge in [0.15, 0.2) is 0 Å². The van der Waals surface area contributed by atoms with Crippen LogP contribution < -0.4 is 10.2 Å². The van der Waals surface area contributed by atoms with Crippen molar-refractivity contribution in [3.63, 3.8) is 0 Å². The number of hydrogen-bond acceptors (Lipinski definition) is 6. The maximum Gasteiger partial charge on any atom is 0.223 e. The first-order valence-electron chi connectivity index (χ1n) is 7.64. The van der Waals surface area contributed by atoms with Crippen LogP contribution in [0.15, 0.2) is 24.4 Å². The minimum atomic E-state index is -0.0810. The van der Waals surface area contributed by atoms with Gasteiger partial charge in [0.05, 0.1) is 12.3 Å². The van der Waals surface area contributed by atoms with Crippen molar-refractivity contribution in [2.75, 3.05) is 23.3 Å². The normalized spacial score (nSPS) is 14.4. The van der Waals surface area contributed by atoms with Gasteiger partial charge in [-0.2, -0.15) is 0 Å². The number of hydrogen-bond donors (Lipinski definition) is 2. The second kappa shape index (κ2) is 6.70. The van der Waals surface area contributed by atoms with Gasteiger partial charge in [0.2, 0.25) is 5.95 Å². The molecule has 2 aromatic rings. The van der Waals surface area contributed by atoms with Gasteiger partial charge in [0.25, 0.3) is 0 Å². The summed E-state index contributed by atoms with van der Waals surface area (Å²) in [5, 5.41) is 12.3. The molecule has 3 rings (SSSR count). The van der Waals surface area contributed by atoms with Crippen LogP contribution in [-0.4, -0.2) is 33.1 Å². The van der Waals surface area contributed by atoms with E-state index in [0.717, 1.165) is 30.2 Å². The molecule has 1 fully saturated rings. The van der Waals surface area contributed by atoms with Crippen molar-refractivity contribution in [1.82, 2.24) is 15.0 Å². The number of aryl methyl sites for hydroxylation is 1. The number of rotatable bonds is 5. The van der Waals surface area contributed by atoms with Crippen molar-refractivity contribution in [1.29, 1.82) is 0 Å². The molecule has 0 atom stereocenters. The summed E-state index contributed by atoms with van der Waals surface area (Å²) < 4.78 is 0. The van der Waals surface area contributed by atoms with Crippen LogP contribution in [0.4, 0.5) is 11.8 Å². The molecule has 22 heavy (non-hydrogen) atoms. The predicted octanol–water partition coefficient (Wildman–Crippen LogP) is 1.88. The van der Waals surface area contributed by atoms with Crippen LogP contribution in [0, 0.1) is 6.92 Å². The molecule has 0 amide bonds. The van der Waals surface area contributed by atoms with Crippen LogP contribution in [0.25, 0.3) is 0 Å². The zero-order valence-corrected chi connectivity index (χ0v) is 12.8. The third-order valence-corrected chi connectivity index (χ3v) is 3.81. The van der Waals surface area contributed by atoms with Crippen molar-refractivity contribution in [3.8, 4) is 0 Å². The highest BCUT2D eigenvalue weighted by Gasteiger charge is 2.17. The number of nitrogens with zero attached hydrogens (tertiary/aromatic N) is 4. The van der Waals surface area contributed by atoms with Crippen LogP contribution in [0.2, 0.25) is 0 Å². The highest BCUT2D eigenvalue weighted by atomic mass is 16.3. The van der Waals surface area contributed by atoms with Gasteiger partial charge in [-0.25, -0.2) is 15.0 Å². The average Bonchev–Trinajstić information content (AvgIpc) is 3.08. The second-order valence-corrected chi connectivity index (χ2v) is 5.51. The van der Waals surface area contributed by atoms with E-state index in [1.807, 2.05) is 13.0 Å². The summed E-state index contributed by atoms with van der Waals surface area (Å²) in [6.45, 7) is 4.70. The van der Waals surface area contributed by atoms with Crippen LogP contribution in [0.3, 0.4) is 0 Å². The molecule has 116 valence electrons. The summed E-state index contributed by atoms with van der Waals surface area (Å²) in [5.74, 6) is 1.59. The minimum absolute atomic E-state index is 0.0810. The molecule has 1 aliphatic rings. The molecule has 2 aromatic heterocycles. The Morgan fingerprint density at radius 3 is 2.77 bits per heavy atom. The van der Waals surface area contributed by atoms with Gasteiger partial charge in [-0.3, -0.25) is 0 Å². The van der Waals surface area contributed by atoms with Crippen molar-refractivity contribution in [3.05, 3.63) is 41.3 Å². The molecule has 6 nitrogen and oxygen atoms in total. The third-order valence-electron chi connectivity index (χ3n) is 3.81. The van der Waals surface area contributed by atoms with E-state index in [-0.39, 0.29) is 6.61 Å². The lowest BCUT2D eigenvalue weighted by Gasteiger charge is -2.20. The molecular formula is C16H21N5O. The van der Waals surface area contributed by atoms with E-state index in [1.54, 1.807) is 12.3 Å². The lowest BCUT2D eigenvalue weighted by molar-refractivity contribution is 0.277. The van der Waals surface area contributed by atoms with Gasteiger partial charge in [0.1, 0.15) is 5.82 Å². The Balaban J connectivity index is 1.76. The molecule has 0 unspecified atom stereocenters. The number of aromatic nitrogens is 3. The Hall–Kier alpha value is -2.21. The number of aliphatic hydroxyl groups excluding tert-OH is 1. The molecule has 0 bridgehead atoms. The van der Waals surface area contributed by atoms with Crippen LogP contribution in [0.1, 0.15) is 29.8 Å². The zero-order chi connectivity index (χ0) is 15.4. The van der Waals surface area contributed by atoms with Crippen LogP contribution in [0.5, 0.6) is 0 Å². The topological polar surface area (TPSA) is 74.2 Å². The summed E-state index contributed by atoms with van der Waals surface area (Å²) in [7, 11) is 0. The Labute approximate surface area is 130 Å². The van der Waals surface area contributed by atoms with Gasteiger partial charge in [-0.1, -0.05) is 6.07 Å². The molecule has 0 saturated carbocycles. The fourth-order valence-corrected chi connectivity index (χ4v) is 2.66. The molecule has 0 aromatic carbocycles. The first-order chi connectivity index (χ1) is 10.8. The average molecular weight is 299 g/mol. The van der Waals surface area contributed by atoms with Gasteiger partial charge in [0, 0.05) is 37.1 Å². The monoisotopic (exact) mass is 299 g/mol. The van der Waals surface area contributed by atoms with Crippen molar-refractivity contribution < 1.29 is 5.11 Å². The van der Waals surface area contributed by atoms with E-state index >= 15 is 0 Å². The Morgan fingerprint density at radius 1 is 1.18 bits per heavy atom. The Bertz CT molecular complexity index is 640. The Morgan fingerprint density at radius 2 is 2.00 bits per heavy atom. The van der Waals surface area contributed by atoms with Crippen molar-refractivity contribution in [2.45, 2.75) is 32.9 Å². The Kier molecular flexibility index (Phi) is 4.48. The summed E-state index contributed by atoms with van der Waals surface area (Å²) in [5.41, 5.74) is 2.79. The SMILES string of the molecule is Cc1ccc(CNc2nccc(CO)n2)c(N2CCCC2)n1. The minimum Gasteiger partial charge on any atom is -0.390 e. The third kappa shape index (κ3) is 3.33. The first-order valence-corrected chi connectivity index (χ1v) is 7.64. The standard InChI is InChI=1S/C16H21N5O/c1-12-4-5-13(15(19-12)21-8-2-3-9-21)10-18-16-17-7-6-14(11-22)20-16/h4-7,22H,2-3,8-11H2,1H3,(H,17,18,20). The maximum atomic E-state index is 9.13. The quantitative estimate of drug-likeness (QED) is 0.878. The highest BCUT2D eigenvalue weighted by molar-refractivity contribution is 5.49. The molecule has 3 heterocycles. The van der Waals surface area contributed by atoms with Crippen molar-refractivity contribution in [2.24, 2.45) is 0 Å². The highest BCUT2D eigenvalue weighted by Crippen LogP contribution is 2.23. The van der Waals surface area contributed by atoms with E-state index in [4.69, 9.17) is 10.1 Å². The van der Waals surface area contributed by atoms with E-state index < -0.39 is 0 Å². The molecular weight excluding hydrogens is 278 g/mol. The van der Waals surface area contributed by atoms with Crippen molar-refractivity contribution >= 4 is 11.8 Å². The maximum absolute atomic E-state index is 9.13. The zero-order valence-electron chi connectivity index (χ0n) is 12.8. The first kappa shape index (κ1) is 14.7. The molecule has 1 saturated heterocycles. The summed E-state index contributed by atoms with van der Waals surface area (Å²) >= 11 is 0. The number of anilines is 2. The molecule has 1 aliphatic heterocycles. The predicted molar refractivity (Wildman–Crippen MR) is 85.7 cm³/mol.